The maximum Gasteiger partial charge on any atom is 0.193 e. The number of aliphatic imine (C=N–C) groups is 1. The summed E-state index contributed by atoms with van der Waals surface area (Å²) in [5.41, 5.74) is 3.02. The van der Waals surface area contributed by atoms with Crippen LogP contribution in [0.3, 0.4) is 0 Å². The lowest BCUT2D eigenvalue weighted by Crippen LogP contribution is -2.44. The van der Waals surface area contributed by atoms with E-state index in [2.05, 4.69) is 79.2 Å². The molecule has 0 radical (unpaired) electrons. The van der Waals surface area contributed by atoms with Crippen LogP contribution in [-0.2, 0) is 0 Å². The van der Waals surface area contributed by atoms with Gasteiger partial charge in [-0.3, -0.25) is 4.99 Å². The summed E-state index contributed by atoms with van der Waals surface area (Å²) in [6.07, 6.45) is 1.22. The lowest BCUT2D eigenvalue weighted by molar-refractivity contribution is 0.294. The highest BCUT2D eigenvalue weighted by Gasteiger charge is 2.31. The van der Waals surface area contributed by atoms with E-state index in [1.165, 1.54) is 17.5 Å². The molecule has 1 heterocycles. The molecule has 1 fully saturated rings. The SMILES string of the molecule is CN=C(NCC(c1ccc(C)cc1)N(C)C)N1CCC(C)(C)C1. The number of rotatable bonds is 4. The summed E-state index contributed by atoms with van der Waals surface area (Å²) in [4.78, 5) is 9.13. The molecule has 128 valence electrons. The molecule has 1 saturated heterocycles. The molecule has 1 aromatic rings. The van der Waals surface area contributed by atoms with E-state index in [9.17, 15) is 0 Å². The summed E-state index contributed by atoms with van der Waals surface area (Å²) >= 11 is 0. The Labute approximate surface area is 141 Å². The van der Waals surface area contributed by atoms with Gasteiger partial charge >= 0.3 is 0 Å². The maximum atomic E-state index is 4.49. The lowest BCUT2D eigenvalue weighted by atomic mass is 9.93. The van der Waals surface area contributed by atoms with Crippen molar-refractivity contribution < 1.29 is 0 Å². The van der Waals surface area contributed by atoms with Crippen LogP contribution in [-0.4, -0.2) is 56.5 Å². The van der Waals surface area contributed by atoms with E-state index in [1.807, 2.05) is 7.05 Å². The number of hydrogen-bond acceptors (Lipinski definition) is 2. The van der Waals surface area contributed by atoms with E-state index in [-0.39, 0.29) is 0 Å². The molecule has 0 aliphatic carbocycles. The van der Waals surface area contributed by atoms with Crippen LogP contribution in [0.5, 0.6) is 0 Å². The number of aryl methyl sites for hydroxylation is 1. The molecule has 0 bridgehead atoms. The standard InChI is InChI=1S/C19H32N4/c1-15-7-9-16(10-8-15)17(22(5)6)13-21-18(20-4)23-12-11-19(2,3)14-23/h7-10,17H,11-14H2,1-6H3,(H,20,21). The van der Waals surface area contributed by atoms with Crippen LogP contribution in [0.2, 0.25) is 0 Å². The zero-order valence-corrected chi connectivity index (χ0v) is 15.6. The summed E-state index contributed by atoms with van der Waals surface area (Å²) in [7, 11) is 6.14. The average molecular weight is 316 g/mol. The van der Waals surface area contributed by atoms with Crippen molar-refractivity contribution in [3.63, 3.8) is 0 Å². The topological polar surface area (TPSA) is 30.9 Å². The van der Waals surface area contributed by atoms with Gasteiger partial charge in [0.25, 0.3) is 0 Å². The van der Waals surface area contributed by atoms with Gasteiger partial charge in [0.05, 0.1) is 6.04 Å². The fraction of sp³-hybridized carbons (Fsp3) is 0.632. The first-order chi connectivity index (χ1) is 10.8. The molecule has 1 N–H and O–H groups in total. The van der Waals surface area contributed by atoms with Crippen molar-refractivity contribution in [1.82, 2.24) is 15.1 Å². The molecule has 1 aromatic carbocycles. The normalized spacial score (nSPS) is 19.3. The van der Waals surface area contributed by atoms with Gasteiger partial charge in [-0.05, 0) is 38.4 Å². The Balaban J connectivity index is 2.02. The van der Waals surface area contributed by atoms with Crippen molar-refractivity contribution >= 4 is 5.96 Å². The fourth-order valence-electron chi connectivity index (χ4n) is 3.20. The summed E-state index contributed by atoms with van der Waals surface area (Å²) in [5, 5.41) is 3.58. The zero-order valence-electron chi connectivity index (χ0n) is 15.6. The second-order valence-corrected chi connectivity index (χ2v) is 7.65. The molecule has 1 unspecified atom stereocenters. The number of likely N-dealkylation sites (tertiary alicyclic amines) is 1. The van der Waals surface area contributed by atoms with Gasteiger partial charge in [-0.1, -0.05) is 43.7 Å². The van der Waals surface area contributed by atoms with Gasteiger partial charge in [-0.2, -0.15) is 0 Å². The van der Waals surface area contributed by atoms with E-state index in [1.54, 1.807) is 0 Å². The number of guanidine groups is 1. The minimum Gasteiger partial charge on any atom is -0.354 e. The molecular weight excluding hydrogens is 284 g/mol. The molecule has 0 spiro atoms. The smallest absolute Gasteiger partial charge is 0.193 e. The highest BCUT2D eigenvalue weighted by atomic mass is 15.3. The number of nitrogens with zero attached hydrogens (tertiary/aromatic N) is 3. The Morgan fingerprint density at radius 2 is 1.96 bits per heavy atom. The minimum atomic E-state index is 0.336. The third kappa shape index (κ3) is 4.71. The van der Waals surface area contributed by atoms with Gasteiger partial charge in [0.1, 0.15) is 0 Å². The van der Waals surface area contributed by atoms with Crippen LogP contribution in [0, 0.1) is 12.3 Å². The maximum absolute atomic E-state index is 4.49. The number of benzene rings is 1. The first kappa shape index (κ1) is 17.8. The molecule has 0 saturated carbocycles. The molecule has 23 heavy (non-hydrogen) atoms. The number of hydrogen-bond donors (Lipinski definition) is 1. The number of likely N-dealkylation sites (N-methyl/N-ethyl adjacent to an activating group) is 1. The van der Waals surface area contributed by atoms with Gasteiger partial charge in [0.2, 0.25) is 0 Å². The molecular formula is C19H32N4. The molecule has 1 aliphatic rings. The summed E-state index contributed by atoms with van der Waals surface area (Å²) in [6.45, 7) is 9.81. The Hall–Kier alpha value is -1.55. The van der Waals surface area contributed by atoms with Crippen LogP contribution in [0.1, 0.15) is 37.4 Å². The second-order valence-electron chi connectivity index (χ2n) is 7.65. The van der Waals surface area contributed by atoms with E-state index in [0.29, 0.717) is 11.5 Å². The van der Waals surface area contributed by atoms with Crippen LogP contribution in [0.25, 0.3) is 0 Å². The van der Waals surface area contributed by atoms with E-state index >= 15 is 0 Å². The summed E-state index contributed by atoms with van der Waals surface area (Å²) in [5.74, 6) is 1.02. The highest BCUT2D eigenvalue weighted by Crippen LogP contribution is 2.28. The third-order valence-corrected chi connectivity index (χ3v) is 4.73. The molecule has 1 aliphatic heterocycles. The Morgan fingerprint density at radius 1 is 1.30 bits per heavy atom. The first-order valence-corrected chi connectivity index (χ1v) is 8.51. The van der Waals surface area contributed by atoms with E-state index in [0.717, 1.165) is 25.6 Å². The second kappa shape index (κ2) is 7.35. The predicted molar refractivity (Wildman–Crippen MR) is 98.9 cm³/mol. The van der Waals surface area contributed by atoms with E-state index < -0.39 is 0 Å². The van der Waals surface area contributed by atoms with E-state index in [4.69, 9.17) is 0 Å². The van der Waals surface area contributed by atoms with Crippen molar-refractivity contribution in [3.05, 3.63) is 35.4 Å². The molecule has 4 nitrogen and oxygen atoms in total. The third-order valence-electron chi connectivity index (χ3n) is 4.73. The Kier molecular flexibility index (Phi) is 5.69. The van der Waals surface area contributed by atoms with Gasteiger partial charge in [0, 0.05) is 26.7 Å². The van der Waals surface area contributed by atoms with Crippen molar-refractivity contribution in [3.8, 4) is 0 Å². The summed E-state index contributed by atoms with van der Waals surface area (Å²) in [6, 6.07) is 9.16. The first-order valence-electron chi connectivity index (χ1n) is 8.51. The van der Waals surface area contributed by atoms with Crippen molar-refractivity contribution in [2.75, 3.05) is 40.8 Å². The van der Waals surface area contributed by atoms with Crippen LogP contribution < -0.4 is 5.32 Å². The minimum absolute atomic E-state index is 0.336. The molecule has 2 rings (SSSR count). The molecule has 0 aromatic heterocycles. The molecule has 4 heteroatoms. The lowest BCUT2D eigenvalue weighted by Gasteiger charge is -2.29. The Bertz CT molecular complexity index is 531. The van der Waals surface area contributed by atoms with Gasteiger partial charge in [-0.25, -0.2) is 0 Å². The molecule has 0 amide bonds. The Morgan fingerprint density at radius 3 is 2.43 bits per heavy atom. The fourth-order valence-corrected chi connectivity index (χ4v) is 3.20. The van der Waals surface area contributed by atoms with Crippen molar-refractivity contribution in [1.29, 1.82) is 0 Å². The van der Waals surface area contributed by atoms with Crippen LogP contribution in [0.4, 0.5) is 0 Å². The molecule has 1 atom stereocenters. The largest absolute Gasteiger partial charge is 0.354 e. The van der Waals surface area contributed by atoms with Crippen molar-refractivity contribution in [2.45, 2.75) is 33.2 Å². The predicted octanol–water partition coefficient (Wildman–Crippen LogP) is 2.91. The average Bonchev–Trinajstić information content (AvgIpc) is 2.85. The van der Waals surface area contributed by atoms with Crippen LogP contribution in [0.15, 0.2) is 29.3 Å². The van der Waals surface area contributed by atoms with Gasteiger partial charge in [0.15, 0.2) is 5.96 Å². The highest BCUT2D eigenvalue weighted by molar-refractivity contribution is 5.80. The van der Waals surface area contributed by atoms with Crippen molar-refractivity contribution in [2.24, 2.45) is 10.4 Å². The quantitative estimate of drug-likeness (QED) is 0.684. The van der Waals surface area contributed by atoms with Gasteiger partial charge < -0.3 is 15.1 Å². The van der Waals surface area contributed by atoms with Crippen LogP contribution >= 0.6 is 0 Å². The van der Waals surface area contributed by atoms with Gasteiger partial charge in [-0.15, -0.1) is 0 Å². The zero-order chi connectivity index (χ0) is 17.0. The summed E-state index contributed by atoms with van der Waals surface area (Å²) < 4.78 is 0. The number of nitrogens with one attached hydrogen (secondary N) is 1. The monoisotopic (exact) mass is 316 g/mol.